The summed E-state index contributed by atoms with van der Waals surface area (Å²) < 4.78 is 33.8. The molecule has 0 fully saturated rings. The molecular formula is C16H26N2O5S. The molecule has 1 N–H and O–H groups in total. The van der Waals surface area contributed by atoms with E-state index in [0.717, 1.165) is 5.56 Å². The van der Waals surface area contributed by atoms with Crippen LogP contribution >= 0.6 is 0 Å². The highest BCUT2D eigenvalue weighted by atomic mass is 32.2. The molecule has 0 unspecified atom stereocenters. The molecule has 24 heavy (non-hydrogen) atoms. The summed E-state index contributed by atoms with van der Waals surface area (Å²) in [5, 5.41) is 2.12. The molecule has 0 aliphatic heterocycles. The summed E-state index contributed by atoms with van der Waals surface area (Å²) in [6.45, 7) is 6.65. The quantitative estimate of drug-likeness (QED) is 0.682. The summed E-state index contributed by atoms with van der Waals surface area (Å²) in [7, 11) is -2.08. The van der Waals surface area contributed by atoms with Crippen molar-refractivity contribution in [2.75, 3.05) is 26.8 Å². The fourth-order valence-corrected chi connectivity index (χ4v) is 2.43. The second-order valence-electron chi connectivity index (χ2n) is 5.52. The number of nitrogens with one attached hydrogen (secondary N) is 1. The first-order chi connectivity index (χ1) is 11.3. The minimum atomic E-state index is -3.65. The van der Waals surface area contributed by atoms with Gasteiger partial charge in [0, 0.05) is 26.7 Å². The Balaban J connectivity index is 2.88. The van der Waals surface area contributed by atoms with Crippen molar-refractivity contribution < 1.29 is 22.1 Å². The summed E-state index contributed by atoms with van der Waals surface area (Å²) in [4.78, 5) is 13.7. The monoisotopic (exact) mass is 358 g/mol. The number of nitrogens with zero attached hydrogens (tertiary/aromatic N) is 1. The van der Waals surface area contributed by atoms with Gasteiger partial charge in [-0.3, -0.25) is 0 Å². The van der Waals surface area contributed by atoms with Gasteiger partial charge in [0.2, 0.25) is 0 Å². The number of hydrogen-bond acceptors (Lipinski definition) is 5. The van der Waals surface area contributed by atoms with Crippen molar-refractivity contribution in [2.24, 2.45) is 0 Å². The summed E-state index contributed by atoms with van der Waals surface area (Å²) in [6, 6.07) is 6.52. The summed E-state index contributed by atoms with van der Waals surface area (Å²) in [5.74, 6) is 0.240. The predicted molar refractivity (Wildman–Crippen MR) is 92.5 cm³/mol. The van der Waals surface area contributed by atoms with Crippen LogP contribution in [0.25, 0.3) is 0 Å². The zero-order valence-corrected chi connectivity index (χ0v) is 15.4. The summed E-state index contributed by atoms with van der Waals surface area (Å²) in [6.07, 6.45) is 0. The Kier molecular flexibility index (Phi) is 8.00. The van der Waals surface area contributed by atoms with Gasteiger partial charge in [-0.25, -0.2) is 4.79 Å². The van der Waals surface area contributed by atoms with E-state index in [4.69, 9.17) is 8.92 Å². The number of rotatable bonds is 9. The lowest BCUT2D eigenvalue weighted by Gasteiger charge is -2.23. The fourth-order valence-electron chi connectivity index (χ4n) is 1.86. The zero-order valence-electron chi connectivity index (χ0n) is 14.6. The molecular weight excluding hydrogens is 332 g/mol. The molecule has 0 aliphatic carbocycles. The molecule has 0 aromatic heterocycles. The Morgan fingerprint density at radius 3 is 2.62 bits per heavy atom. The van der Waals surface area contributed by atoms with E-state index in [-0.39, 0.29) is 11.8 Å². The molecule has 0 atom stereocenters. The molecule has 0 bridgehead atoms. The van der Waals surface area contributed by atoms with Crippen LogP contribution < -0.4 is 9.50 Å². The van der Waals surface area contributed by atoms with Crippen LogP contribution in [0.1, 0.15) is 26.3 Å². The van der Waals surface area contributed by atoms with Gasteiger partial charge in [0.05, 0.1) is 11.9 Å². The molecule has 0 aliphatic rings. The first-order valence-electron chi connectivity index (χ1n) is 7.84. The molecule has 1 aromatic rings. The summed E-state index contributed by atoms with van der Waals surface area (Å²) >= 11 is 0. The standard InChI is InChI=1S/C16H26N2O5S/c1-5-17-16(19)18(9-10-22-4)12-14-7-6-8-15(11-14)23-24(20,21)13(2)3/h6-8,11,13H,5,9-10,12H2,1-4H3,(H,17,19). The fraction of sp³-hybridized carbons (Fsp3) is 0.562. The molecule has 0 saturated heterocycles. The lowest BCUT2D eigenvalue weighted by atomic mass is 10.2. The van der Waals surface area contributed by atoms with Gasteiger partial charge in [-0.05, 0) is 38.5 Å². The molecule has 8 heteroatoms. The Hall–Kier alpha value is -1.80. The average molecular weight is 358 g/mol. The van der Waals surface area contributed by atoms with Crippen molar-refractivity contribution in [3.63, 3.8) is 0 Å². The van der Waals surface area contributed by atoms with Crippen LogP contribution in [0, 0.1) is 0 Å². The molecule has 0 radical (unpaired) electrons. The van der Waals surface area contributed by atoms with Crippen LogP contribution in [0.15, 0.2) is 24.3 Å². The van der Waals surface area contributed by atoms with Gasteiger partial charge in [-0.1, -0.05) is 12.1 Å². The van der Waals surface area contributed by atoms with Crippen LogP contribution in [0.4, 0.5) is 4.79 Å². The Labute approximate surface area is 144 Å². The first-order valence-corrected chi connectivity index (χ1v) is 9.31. The SMILES string of the molecule is CCNC(=O)N(CCOC)Cc1cccc(OS(=O)(=O)C(C)C)c1. The zero-order chi connectivity index (χ0) is 18.2. The van der Waals surface area contributed by atoms with Gasteiger partial charge in [0.15, 0.2) is 0 Å². The van der Waals surface area contributed by atoms with E-state index < -0.39 is 15.4 Å². The topological polar surface area (TPSA) is 84.9 Å². The van der Waals surface area contributed by atoms with Crippen molar-refractivity contribution >= 4 is 16.1 Å². The van der Waals surface area contributed by atoms with Crippen LogP contribution in [-0.4, -0.2) is 51.4 Å². The molecule has 1 rings (SSSR count). The largest absolute Gasteiger partial charge is 0.383 e. The third kappa shape index (κ3) is 6.37. The van der Waals surface area contributed by atoms with E-state index in [1.54, 1.807) is 44.1 Å². The van der Waals surface area contributed by atoms with Gasteiger partial charge in [0.1, 0.15) is 5.75 Å². The van der Waals surface area contributed by atoms with Crippen LogP contribution in [0.3, 0.4) is 0 Å². The molecule has 0 heterocycles. The van der Waals surface area contributed by atoms with E-state index in [1.807, 2.05) is 13.0 Å². The normalized spacial score (nSPS) is 11.4. The molecule has 7 nitrogen and oxygen atoms in total. The van der Waals surface area contributed by atoms with E-state index in [0.29, 0.717) is 26.2 Å². The van der Waals surface area contributed by atoms with Gasteiger partial charge >= 0.3 is 16.1 Å². The third-order valence-electron chi connectivity index (χ3n) is 3.24. The number of amides is 2. The highest BCUT2D eigenvalue weighted by Crippen LogP contribution is 2.18. The second-order valence-corrected chi connectivity index (χ2v) is 7.62. The Morgan fingerprint density at radius 2 is 2.04 bits per heavy atom. The number of methoxy groups -OCH3 is 1. The number of hydrogen-bond donors (Lipinski definition) is 1. The van der Waals surface area contributed by atoms with Gasteiger partial charge < -0.3 is 19.1 Å². The highest BCUT2D eigenvalue weighted by molar-refractivity contribution is 7.87. The molecule has 2 amide bonds. The van der Waals surface area contributed by atoms with Gasteiger partial charge in [-0.2, -0.15) is 8.42 Å². The average Bonchev–Trinajstić information content (AvgIpc) is 2.51. The van der Waals surface area contributed by atoms with E-state index in [2.05, 4.69) is 5.32 Å². The molecule has 0 saturated carbocycles. The van der Waals surface area contributed by atoms with E-state index >= 15 is 0 Å². The molecule has 136 valence electrons. The number of carbonyl (C=O) groups excluding carboxylic acids is 1. The van der Waals surface area contributed by atoms with Crippen molar-refractivity contribution in [1.29, 1.82) is 0 Å². The maximum absolute atomic E-state index is 12.1. The van der Waals surface area contributed by atoms with Crippen LogP contribution in [-0.2, 0) is 21.4 Å². The summed E-state index contributed by atoms with van der Waals surface area (Å²) in [5.41, 5.74) is 0.772. The minimum Gasteiger partial charge on any atom is -0.383 e. The lowest BCUT2D eigenvalue weighted by Crippen LogP contribution is -2.41. The maximum atomic E-state index is 12.1. The predicted octanol–water partition coefficient (Wildman–Crippen LogP) is 1.98. The number of urea groups is 1. The third-order valence-corrected chi connectivity index (χ3v) is 4.82. The molecule has 1 aromatic carbocycles. The van der Waals surface area contributed by atoms with E-state index in [1.165, 1.54) is 0 Å². The minimum absolute atomic E-state index is 0.198. The van der Waals surface area contributed by atoms with Crippen molar-refractivity contribution in [1.82, 2.24) is 10.2 Å². The van der Waals surface area contributed by atoms with Gasteiger partial charge in [-0.15, -0.1) is 0 Å². The highest BCUT2D eigenvalue weighted by Gasteiger charge is 2.19. The smallest absolute Gasteiger partial charge is 0.317 e. The molecule has 0 spiro atoms. The second kappa shape index (κ2) is 9.48. The van der Waals surface area contributed by atoms with Crippen LogP contribution in [0.2, 0.25) is 0 Å². The van der Waals surface area contributed by atoms with Crippen molar-refractivity contribution in [2.45, 2.75) is 32.6 Å². The maximum Gasteiger partial charge on any atom is 0.317 e. The first kappa shape index (κ1) is 20.2. The van der Waals surface area contributed by atoms with Crippen LogP contribution in [0.5, 0.6) is 5.75 Å². The Bertz CT molecular complexity index is 631. The number of ether oxygens (including phenoxy) is 1. The van der Waals surface area contributed by atoms with E-state index in [9.17, 15) is 13.2 Å². The Morgan fingerprint density at radius 1 is 1.33 bits per heavy atom. The lowest BCUT2D eigenvalue weighted by molar-refractivity contribution is 0.146. The number of carbonyl (C=O) groups is 1. The van der Waals surface area contributed by atoms with Gasteiger partial charge in [0.25, 0.3) is 0 Å². The van der Waals surface area contributed by atoms with Crippen molar-refractivity contribution in [3.05, 3.63) is 29.8 Å². The van der Waals surface area contributed by atoms with Crippen molar-refractivity contribution in [3.8, 4) is 5.75 Å². The number of benzene rings is 1.